The van der Waals surface area contributed by atoms with Crippen molar-refractivity contribution in [2.45, 2.75) is 0 Å². The molecule has 2 N–H and O–H groups in total. The van der Waals surface area contributed by atoms with E-state index >= 15 is 0 Å². The number of rotatable bonds is 3. The summed E-state index contributed by atoms with van der Waals surface area (Å²) < 4.78 is 3.08. The summed E-state index contributed by atoms with van der Waals surface area (Å²) in [7, 11) is 0. The van der Waals surface area contributed by atoms with E-state index < -0.39 is 0 Å². The molecule has 5 nitrogen and oxygen atoms in total. The van der Waals surface area contributed by atoms with Gasteiger partial charge in [-0.25, -0.2) is 5.10 Å². The molecule has 2 aromatic heterocycles. The number of hydrogen-bond acceptors (Lipinski definition) is 3. The van der Waals surface area contributed by atoms with E-state index in [1.165, 1.54) is 0 Å². The first-order valence-electron chi connectivity index (χ1n) is 7.26. The first-order valence-corrected chi connectivity index (χ1v) is 8.46. The average Bonchev–Trinajstić information content (AvgIpc) is 3.16. The smallest absolute Gasteiger partial charge is 0.216 e. The third-order valence-corrected chi connectivity index (χ3v) is 4.41. The van der Waals surface area contributed by atoms with Crippen LogP contribution in [0.3, 0.4) is 0 Å². The van der Waals surface area contributed by atoms with Crippen molar-refractivity contribution < 1.29 is 0 Å². The second kappa shape index (κ2) is 6.18. The van der Waals surface area contributed by atoms with Crippen LogP contribution in [0.15, 0.2) is 64.3 Å². The number of hydrogen-bond donors (Lipinski definition) is 2. The Kier molecular flexibility index (Phi) is 3.87. The summed E-state index contributed by atoms with van der Waals surface area (Å²) in [6, 6.07) is 15.9. The first kappa shape index (κ1) is 15.0. The van der Waals surface area contributed by atoms with Gasteiger partial charge in [-0.1, -0.05) is 46.3 Å². The van der Waals surface area contributed by atoms with Gasteiger partial charge in [0.2, 0.25) is 4.77 Å². The Labute approximate surface area is 151 Å². The minimum atomic E-state index is 0.446. The lowest BCUT2D eigenvalue weighted by molar-refractivity contribution is 0.872. The van der Waals surface area contributed by atoms with Crippen LogP contribution in [0.5, 0.6) is 0 Å². The Balaban J connectivity index is 1.81. The van der Waals surface area contributed by atoms with Crippen LogP contribution < -0.4 is 0 Å². The van der Waals surface area contributed by atoms with E-state index in [0.29, 0.717) is 10.6 Å². The topological polar surface area (TPSA) is 61.8 Å². The second-order valence-corrected chi connectivity index (χ2v) is 6.51. The molecular formula is C17H12BrN5S. The standard InChI is InChI=1S/C17H12BrN5S/c18-12-5-3-4-11(8-12)9-20-23-16(21-22-17(23)24)14-10-19-15-7-2-1-6-13(14)15/h1-10,19H,(H,22,24)/b20-9+. The molecule has 24 heavy (non-hydrogen) atoms. The summed E-state index contributed by atoms with van der Waals surface area (Å²) in [6.45, 7) is 0. The summed E-state index contributed by atoms with van der Waals surface area (Å²) in [6.07, 6.45) is 3.68. The lowest BCUT2D eigenvalue weighted by atomic mass is 10.2. The fourth-order valence-corrected chi connectivity index (χ4v) is 3.14. The van der Waals surface area contributed by atoms with Crippen LogP contribution in [-0.2, 0) is 0 Å². The predicted octanol–water partition coefficient (Wildman–Crippen LogP) is 4.73. The molecule has 0 atom stereocenters. The van der Waals surface area contributed by atoms with Crippen molar-refractivity contribution in [3.63, 3.8) is 0 Å². The molecule has 2 heterocycles. The fourth-order valence-electron chi connectivity index (χ4n) is 2.54. The molecule has 118 valence electrons. The summed E-state index contributed by atoms with van der Waals surface area (Å²) in [5.41, 5.74) is 2.96. The number of nitrogens with zero attached hydrogens (tertiary/aromatic N) is 3. The number of para-hydroxylation sites is 1. The molecule has 0 aliphatic heterocycles. The van der Waals surface area contributed by atoms with Crippen LogP contribution in [-0.4, -0.2) is 26.1 Å². The van der Waals surface area contributed by atoms with Crippen LogP contribution in [0.25, 0.3) is 22.3 Å². The monoisotopic (exact) mass is 397 g/mol. The number of halogens is 1. The van der Waals surface area contributed by atoms with Gasteiger partial charge in [-0.15, -0.1) is 0 Å². The van der Waals surface area contributed by atoms with E-state index in [1.807, 2.05) is 54.7 Å². The average molecular weight is 398 g/mol. The Morgan fingerprint density at radius 2 is 2.04 bits per heavy atom. The molecule has 0 aliphatic carbocycles. The van der Waals surface area contributed by atoms with Crippen molar-refractivity contribution in [1.82, 2.24) is 19.9 Å². The van der Waals surface area contributed by atoms with Gasteiger partial charge in [0.05, 0.1) is 6.21 Å². The Morgan fingerprint density at radius 1 is 1.17 bits per heavy atom. The van der Waals surface area contributed by atoms with Crippen LogP contribution in [0.1, 0.15) is 5.56 Å². The highest BCUT2D eigenvalue weighted by Gasteiger charge is 2.12. The molecular weight excluding hydrogens is 386 g/mol. The number of aromatic amines is 2. The van der Waals surface area contributed by atoms with Gasteiger partial charge in [-0.05, 0) is 36.0 Å². The van der Waals surface area contributed by atoms with E-state index in [9.17, 15) is 0 Å². The molecule has 4 rings (SSSR count). The SMILES string of the molecule is S=c1[nH]nc(-c2c[nH]c3ccccc23)n1/N=C/c1cccc(Br)c1. The third-order valence-electron chi connectivity index (χ3n) is 3.65. The van der Waals surface area contributed by atoms with Crippen LogP contribution in [0.2, 0.25) is 0 Å². The van der Waals surface area contributed by atoms with Gasteiger partial charge in [-0.3, -0.25) is 0 Å². The minimum Gasteiger partial charge on any atom is -0.360 e. The number of H-pyrrole nitrogens is 2. The van der Waals surface area contributed by atoms with Crippen LogP contribution >= 0.6 is 28.1 Å². The van der Waals surface area contributed by atoms with Crippen molar-refractivity contribution in [2.75, 3.05) is 0 Å². The molecule has 7 heteroatoms. The van der Waals surface area contributed by atoms with Gasteiger partial charge in [0.1, 0.15) is 0 Å². The van der Waals surface area contributed by atoms with Crippen LogP contribution in [0, 0.1) is 4.77 Å². The molecule has 0 radical (unpaired) electrons. The summed E-state index contributed by atoms with van der Waals surface area (Å²) >= 11 is 8.78. The van der Waals surface area contributed by atoms with Crippen LogP contribution in [0.4, 0.5) is 0 Å². The Morgan fingerprint density at radius 3 is 2.92 bits per heavy atom. The van der Waals surface area contributed by atoms with Crippen molar-refractivity contribution in [1.29, 1.82) is 0 Å². The Hall–Kier alpha value is -2.51. The van der Waals surface area contributed by atoms with Gasteiger partial charge in [-0.2, -0.15) is 14.9 Å². The zero-order valence-corrected chi connectivity index (χ0v) is 14.8. The normalized spacial score (nSPS) is 11.5. The van der Waals surface area contributed by atoms with Gasteiger partial charge in [0.15, 0.2) is 5.82 Å². The quantitative estimate of drug-likeness (QED) is 0.387. The van der Waals surface area contributed by atoms with Gasteiger partial charge < -0.3 is 4.98 Å². The lowest BCUT2D eigenvalue weighted by Crippen LogP contribution is -1.94. The first-order chi connectivity index (χ1) is 11.7. The molecule has 4 aromatic rings. The highest BCUT2D eigenvalue weighted by Crippen LogP contribution is 2.27. The zero-order chi connectivity index (χ0) is 16.5. The second-order valence-electron chi connectivity index (χ2n) is 5.21. The number of aromatic nitrogens is 4. The maximum Gasteiger partial charge on any atom is 0.216 e. The van der Waals surface area contributed by atoms with Gasteiger partial charge in [0.25, 0.3) is 0 Å². The van der Waals surface area contributed by atoms with Gasteiger partial charge >= 0.3 is 0 Å². The van der Waals surface area contributed by atoms with E-state index in [1.54, 1.807) is 10.9 Å². The molecule has 0 spiro atoms. The number of benzene rings is 2. The predicted molar refractivity (Wildman–Crippen MR) is 102 cm³/mol. The Bertz CT molecular complexity index is 1110. The highest BCUT2D eigenvalue weighted by atomic mass is 79.9. The molecule has 0 saturated carbocycles. The summed E-state index contributed by atoms with van der Waals surface area (Å²) in [4.78, 5) is 3.25. The molecule has 0 amide bonds. The summed E-state index contributed by atoms with van der Waals surface area (Å²) in [5, 5.41) is 12.7. The van der Waals surface area contributed by atoms with Crippen molar-refractivity contribution in [3.05, 3.63) is 69.5 Å². The van der Waals surface area contributed by atoms with E-state index in [-0.39, 0.29) is 0 Å². The molecule has 0 unspecified atom stereocenters. The number of nitrogens with one attached hydrogen (secondary N) is 2. The fraction of sp³-hybridized carbons (Fsp3) is 0. The molecule has 0 saturated heterocycles. The zero-order valence-electron chi connectivity index (χ0n) is 12.4. The summed E-state index contributed by atoms with van der Waals surface area (Å²) in [5.74, 6) is 0.670. The highest BCUT2D eigenvalue weighted by molar-refractivity contribution is 9.10. The number of fused-ring (bicyclic) bond motifs is 1. The van der Waals surface area contributed by atoms with Crippen molar-refractivity contribution in [3.8, 4) is 11.4 Å². The molecule has 2 aromatic carbocycles. The van der Waals surface area contributed by atoms with Gasteiger partial charge in [0, 0.05) is 27.1 Å². The van der Waals surface area contributed by atoms with Crippen molar-refractivity contribution in [2.24, 2.45) is 5.10 Å². The van der Waals surface area contributed by atoms with Crippen molar-refractivity contribution >= 4 is 45.3 Å². The van der Waals surface area contributed by atoms with E-state index in [4.69, 9.17) is 12.2 Å². The largest absolute Gasteiger partial charge is 0.360 e. The molecule has 0 aliphatic rings. The minimum absolute atomic E-state index is 0.446. The molecule has 0 bridgehead atoms. The van der Waals surface area contributed by atoms with E-state index in [2.05, 4.69) is 36.2 Å². The van der Waals surface area contributed by atoms with E-state index in [0.717, 1.165) is 26.5 Å². The lowest BCUT2D eigenvalue weighted by Gasteiger charge is -2.00. The molecule has 0 fully saturated rings. The maximum atomic E-state index is 5.32. The third kappa shape index (κ3) is 2.72. The maximum absolute atomic E-state index is 5.32.